The molecule has 1 N–H and O–H groups in total. The smallest absolute Gasteiger partial charge is 0.160 e. The number of carbonyl (C=O) groups is 1. The van der Waals surface area contributed by atoms with Crippen molar-refractivity contribution >= 4 is 11.5 Å². The molecule has 0 aromatic heterocycles. The van der Waals surface area contributed by atoms with Crippen LogP contribution in [0.3, 0.4) is 0 Å². The van der Waals surface area contributed by atoms with E-state index in [-0.39, 0.29) is 16.9 Å². The van der Waals surface area contributed by atoms with Crippen LogP contribution in [0.5, 0.6) is 0 Å². The van der Waals surface area contributed by atoms with E-state index >= 15 is 0 Å². The lowest BCUT2D eigenvalue weighted by atomic mass is 9.65. The Kier molecular flexibility index (Phi) is 4.83. The molecule has 0 amide bonds. The first-order valence-corrected chi connectivity index (χ1v) is 9.87. The molecule has 0 radical (unpaired) electrons. The van der Waals surface area contributed by atoms with Crippen molar-refractivity contribution in [1.29, 1.82) is 0 Å². The Morgan fingerprint density at radius 2 is 1.72 bits per heavy atom. The Hall–Kier alpha value is -1.57. The highest BCUT2D eigenvalue weighted by atomic mass is 16.1. The number of allylic oxidation sites excluding steroid dienone is 1. The van der Waals surface area contributed by atoms with Gasteiger partial charge >= 0.3 is 0 Å². The molecule has 1 aromatic carbocycles. The third-order valence-electron chi connectivity index (χ3n) is 6.69. The summed E-state index contributed by atoms with van der Waals surface area (Å²) >= 11 is 0. The molecular formula is C23H33NO. The molecule has 3 rings (SSSR count). The number of carbonyl (C=O) groups excluding carboxylic acids is 1. The number of aryl methyl sites for hydroxylation is 1. The van der Waals surface area contributed by atoms with Crippen LogP contribution in [0.15, 0.2) is 24.3 Å². The van der Waals surface area contributed by atoms with Gasteiger partial charge in [-0.25, -0.2) is 0 Å². The molecule has 136 valence electrons. The van der Waals surface area contributed by atoms with Gasteiger partial charge in [-0.3, -0.25) is 4.79 Å². The van der Waals surface area contributed by atoms with Gasteiger partial charge in [0.15, 0.2) is 5.78 Å². The monoisotopic (exact) mass is 339 g/mol. The van der Waals surface area contributed by atoms with Crippen molar-refractivity contribution in [3.8, 4) is 0 Å². The predicted octanol–water partition coefficient (Wildman–Crippen LogP) is 5.53. The number of hydrogen-bond acceptors (Lipinski definition) is 2. The van der Waals surface area contributed by atoms with E-state index < -0.39 is 0 Å². The van der Waals surface area contributed by atoms with Crippen LogP contribution >= 0.6 is 0 Å². The lowest BCUT2D eigenvalue weighted by Crippen LogP contribution is -2.56. The molecule has 1 aromatic rings. The number of fused-ring (bicyclic) bond motifs is 1. The summed E-state index contributed by atoms with van der Waals surface area (Å²) in [4.78, 5) is 13.0. The highest BCUT2D eigenvalue weighted by molar-refractivity contribution is 5.98. The van der Waals surface area contributed by atoms with E-state index in [1.54, 1.807) is 0 Å². The first-order chi connectivity index (χ1) is 11.7. The molecule has 0 spiro atoms. The molecule has 1 aliphatic heterocycles. The third-order valence-corrected chi connectivity index (χ3v) is 6.69. The number of rotatable bonds is 2. The van der Waals surface area contributed by atoms with Crippen LogP contribution in [0.4, 0.5) is 0 Å². The van der Waals surface area contributed by atoms with Crippen LogP contribution < -0.4 is 5.32 Å². The van der Waals surface area contributed by atoms with Crippen molar-refractivity contribution in [1.82, 2.24) is 5.32 Å². The van der Waals surface area contributed by atoms with Crippen molar-refractivity contribution in [3.63, 3.8) is 0 Å². The minimum Gasteiger partial charge on any atom is -0.379 e. The van der Waals surface area contributed by atoms with Gasteiger partial charge in [0.25, 0.3) is 0 Å². The highest BCUT2D eigenvalue weighted by Crippen LogP contribution is 2.44. The van der Waals surface area contributed by atoms with Gasteiger partial charge < -0.3 is 5.32 Å². The van der Waals surface area contributed by atoms with Crippen LogP contribution in [0.25, 0.3) is 5.70 Å². The van der Waals surface area contributed by atoms with Gasteiger partial charge in [0, 0.05) is 34.2 Å². The van der Waals surface area contributed by atoms with E-state index in [0.717, 1.165) is 18.5 Å². The van der Waals surface area contributed by atoms with Gasteiger partial charge in [-0.1, -0.05) is 63.3 Å². The first kappa shape index (κ1) is 18.2. The van der Waals surface area contributed by atoms with Crippen molar-refractivity contribution in [3.05, 3.63) is 41.0 Å². The summed E-state index contributed by atoms with van der Waals surface area (Å²) in [5.74, 6) is 0.523. The van der Waals surface area contributed by atoms with Crippen LogP contribution in [-0.2, 0) is 10.2 Å². The number of benzene rings is 1. The van der Waals surface area contributed by atoms with Gasteiger partial charge in [0.05, 0.1) is 0 Å². The lowest BCUT2D eigenvalue weighted by Gasteiger charge is -2.49. The highest BCUT2D eigenvalue weighted by Gasteiger charge is 2.44. The molecular weight excluding hydrogens is 306 g/mol. The number of hydrogen-bond donors (Lipinski definition) is 1. The van der Waals surface area contributed by atoms with Crippen LogP contribution in [0.1, 0.15) is 82.9 Å². The third kappa shape index (κ3) is 3.41. The van der Waals surface area contributed by atoms with E-state index in [4.69, 9.17) is 0 Å². The second-order valence-corrected chi connectivity index (χ2v) is 9.07. The predicted molar refractivity (Wildman–Crippen MR) is 106 cm³/mol. The number of nitrogens with one attached hydrogen (secondary N) is 1. The Bertz CT molecular complexity index is 688. The maximum absolute atomic E-state index is 13.0. The zero-order valence-electron chi connectivity index (χ0n) is 16.5. The van der Waals surface area contributed by atoms with Gasteiger partial charge in [-0.15, -0.1) is 0 Å². The summed E-state index contributed by atoms with van der Waals surface area (Å²) in [6.07, 6.45) is 8.96. The van der Waals surface area contributed by atoms with E-state index in [1.807, 2.05) is 6.08 Å². The fraction of sp³-hybridized carbons (Fsp3) is 0.609. The van der Waals surface area contributed by atoms with Crippen LogP contribution in [0.2, 0.25) is 0 Å². The molecule has 1 heterocycles. The molecule has 0 unspecified atom stereocenters. The quantitative estimate of drug-likeness (QED) is 0.566. The summed E-state index contributed by atoms with van der Waals surface area (Å²) in [7, 11) is 0. The molecule has 0 bridgehead atoms. The molecule has 1 saturated carbocycles. The summed E-state index contributed by atoms with van der Waals surface area (Å²) in [6.45, 7) is 11.2. The van der Waals surface area contributed by atoms with E-state index in [1.165, 1.54) is 42.4 Å². The maximum atomic E-state index is 13.0. The molecule has 2 aliphatic rings. The fourth-order valence-corrected chi connectivity index (χ4v) is 4.24. The standard InChI is InChI=1S/C23H33NO/c1-16-12-13-18-19(14-16)22(2,3)23(4,5)24-20(18)15-21(25)17-10-8-6-7-9-11-17/h12-15,17,24H,6-11H2,1-5H3/b20-15+. The minimum absolute atomic E-state index is 0.00292. The van der Waals surface area contributed by atoms with Crippen molar-refractivity contribution < 1.29 is 4.79 Å². The van der Waals surface area contributed by atoms with Gasteiger partial charge in [0.2, 0.25) is 0 Å². The van der Waals surface area contributed by atoms with Crippen molar-refractivity contribution in [2.45, 2.75) is 84.1 Å². The second kappa shape index (κ2) is 6.63. The van der Waals surface area contributed by atoms with Crippen LogP contribution in [0, 0.1) is 12.8 Å². The minimum atomic E-state index is -0.108. The summed E-state index contributed by atoms with van der Waals surface area (Å²) < 4.78 is 0. The van der Waals surface area contributed by atoms with E-state index in [9.17, 15) is 4.79 Å². The Balaban J connectivity index is 2.00. The van der Waals surface area contributed by atoms with Gasteiger partial charge in [0.1, 0.15) is 0 Å². The zero-order valence-corrected chi connectivity index (χ0v) is 16.5. The average molecular weight is 340 g/mol. The maximum Gasteiger partial charge on any atom is 0.160 e. The van der Waals surface area contributed by atoms with Crippen LogP contribution in [-0.4, -0.2) is 11.3 Å². The summed E-state index contributed by atoms with van der Waals surface area (Å²) in [5, 5.41) is 3.68. The lowest BCUT2D eigenvalue weighted by molar-refractivity contribution is -0.118. The molecule has 25 heavy (non-hydrogen) atoms. The molecule has 2 nitrogen and oxygen atoms in total. The topological polar surface area (TPSA) is 29.1 Å². The number of ketones is 1. The molecule has 0 saturated heterocycles. The Labute approximate surface area is 153 Å². The molecule has 1 aliphatic carbocycles. The molecule has 1 fully saturated rings. The largest absolute Gasteiger partial charge is 0.379 e. The summed E-state index contributed by atoms with van der Waals surface area (Å²) in [6, 6.07) is 6.63. The van der Waals surface area contributed by atoms with Gasteiger partial charge in [-0.2, -0.15) is 0 Å². The van der Waals surface area contributed by atoms with Crippen molar-refractivity contribution in [2.24, 2.45) is 5.92 Å². The first-order valence-electron chi connectivity index (χ1n) is 9.87. The molecule has 2 heteroatoms. The normalized spacial score (nSPS) is 24.3. The van der Waals surface area contributed by atoms with E-state index in [0.29, 0.717) is 5.78 Å². The Morgan fingerprint density at radius 3 is 2.36 bits per heavy atom. The molecule has 0 atom stereocenters. The van der Waals surface area contributed by atoms with E-state index in [2.05, 4.69) is 58.1 Å². The van der Waals surface area contributed by atoms with Gasteiger partial charge in [-0.05, 0) is 39.2 Å². The zero-order chi connectivity index (χ0) is 18.2. The average Bonchev–Trinajstić information content (AvgIpc) is 2.82. The summed E-state index contributed by atoms with van der Waals surface area (Å²) in [5.41, 5.74) is 4.71. The SMILES string of the molecule is Cc1ccc2c(c1)C(C)(C)C(C)(C)N/C2=C/C(=O)C1CCCCCC1. The fourth-order valence-electron chi connectivity index (χ4n) is 4.24. The Morgan fingerprint density at radius 1 is 1.08 bits per heavy atom. The second-order valence-electron chi connectivity index (χ2n) is 9.07. The van der Waals surface area contributed by atoms with Crippen molar-refractivity contribution in [2.75, 3.05) is 0 Å².